The Hall–Kier alpha value is -2.82. The van der Waals surface area contributed by atoms with Gasteiger partial charge in [-0.25, -0.2) is 0 Å². The number of anilines is 1. The van der Waals surface area contributed by atoms with Crippen LogP contribution in [-0.4, -0.2) is 18.0 Å². The molecule has 0 fully saturated rings. The molecule has 0 unspecified atom stereocenters. The van der Waals surface area contributed by atoms with E-state index in [4.69, 9.17) is 9.47 Å². The van der Waals surface area contributed by atoms with Crippen molar-refractivity contribution in [1.29, 1.82) is 0 Å². The highest BCUT2D eigenvalue weighted by molar-refractivity contribution is 5.94. The molecule has 114 valence electrons. The van der Waals surface area contributed by atoms with Gasteiger partial charge in [0.05, 0.1) is 0 Å². The molecule has 0 aliphatic carbocycles. The lowest BCUT2D eigenvalue weighted by Gasteiger charge is -2.12. The van der Waals surface area contributed by atoms with Crippen LogP contribution in [0.2, 0.25) is 0 Å². The molecule has 0 saturated heterocycles. The lowest BCUT2D eigenvalue weighted by molar-refractivity contribution is -0.150. The molecule has 1 amide bonds. The molecular formula is C17H17NO4. The number of hydrogen-bond acceptors (Lipinski definition) is 4. The van der Waals surface area contributed by atoms with E-state index < -0.39 is 12.1 Å². The Balaban J connectivity index is 1.94. The van der Waals surface area contributed by atoms with Crippen LogP contribution in [0.3, 0.4) is 0 Å². The fraction of sp³-hybridized carbons (Fsp3) is 0.176. The van der Waals surface area contributed by atoms with Crippen LogP contribution in [0.25, 0.3) is 0 Å². The van der Waals surface area contributed by atoms with Gasteiger partial charge >= 0.3 is 5.97 Å². The predicted octanol–water partition coefficient (Wildman–Crippen LogP) is 3.37. The highest BCUT2D eigenvalue weighted by Gasteiger charge is 2.15. The molecule has 0 spiro atoms. The van der Waals surface area contributed by atoms with Crippen LogP contribution in [0.4, 0.5) is 5.69 Å². The van der Waals surface area contributed by atoms with Crippen molar-refractivity contribution in [2.45, 2.75) is 20.0 Å². The molecule has 5 nitrogen and oxygen atoms in total. The van der Waals surface area contributed by atoms with Crippen LogP contribution in [0.5, 0.6) is 11.5 Å². The van der Waals surface area contributed by atoms with Crippen molar-refractivity contribution in [3.8, 4) is 11.5 Å². The van der Waals surface area contributed by atoms with Crippen LogP contribution < -0.4 is 10.1 Å². The SMILES string of the molecule is CC(=O)O[C@@H](C)C(=O)Nc1ccc(Oc2ccccc2)cc1. The van der Waals surface area contributed by atoms with Gasteiger partial charge in [-0.2, -0.15) is 0 Å². The summed E-state index contributed by atoms with van der Waals surface area (Å²) in [5.74, 6) is 0.529. The van der Waals surface area contributed by atoms with Crippen LogP contribution >= 0.6 is 0 Å². The van der Waals surface area contributed by atoms with E-state index in [1.807, 2.05) is 30.3 Å². The van der Waals surface area contributed by atoms with Gasteiger partial charge in [0, 0.05) is 12.6 Å². The van der Waals surface area contributed by atoms with Crippen molar-refractivity contribution in [2.24, 2.45) is 0 Å². The third-order valence-corrected chi connectivity index (χ3v) is 2.81. The summed E-state index contributed by atoms with van der Waals surface area (Å²) in [6.07, 6.45) is -0.835. The summed E-state index contributed by atoms with van der Waals surface area (Å²) in [6.45, 7) is 2.78. The van der Waals surface area contributed by atoms with E-state index in [-0.39, 0.29) is 5.91 Å². The summed E-state index contributed by atoms with van der Waals surface area (Å²) >= 11 is 0. The first-order chi connectivity index (χ1) is 10.5. The molecule has 0 heterocycles. The second kappa shape index (κ2) is 7.26. The molecule has 2 aromatic rings. The molecule has 0 aliphatic rings. The molecule has 0 saturated carbocycles. The molecule has 0 aliphatic heterocycles. The maximum absolute atomic E-state index is 11.8. The molecule has 0 radical (unpaired) electrons. The normalized spacial score (nSPS) is 11.4. The minimum atomic E-state index is -0.835. The van der Waals surface area contributed by atoms with E-state index >= 15 is 0 Å². The zero-order chi connectivity index (χ0) is 15.9. The van der Waals surface area contributed by atoms with E-state index in [2.05, 4.69) is 5.32 Å². The number of rotatable bonds is 5. The molecule has 22 heavy (non-hydrogen) atoms. The van der Waals surface area contributed by atoms with Crippen molar-refractivity contribution in [2.75, 3.05) is 5.32 Å². The lowest BCUT2D eigenvalue weighted by Crippen LogP contribution is -2.29. The van der Waals surface area contributed by atoms with Gasteiger partial charge in [-0.15, -0.1) is 0 Å². The number of ether oxygens (including phenoxy) is 2. The van der Waals surface area contributed by atoms with Gasteiger partial charge in [0.25, 0.3) is 5.91 Å². The largest absolute Gasteiger partial charge is 0.457 e. The number of carbonyl (C=O) groups is 2. The Morgan fingerprint density at radius 1 is 0.955 bits per heavy atom. The maximum atomic E-state index is 11.8. The molecule has 0 bridgehead atoms. The molecule has 1 N–H and O–H groups in total. The number of benzene rings is 2. The van der Waals surface area contributed by atoms with Crippen molar-refractivity contribution < 1.29 is 19.1 Å². The van der Waals surface area contributed by atoms with Gasteiger partial charge in [-0.1, -0.05) is 18.2 Å². The van der Waals surface area contributed by atoms with Gasteiger partial charge in [-0.05, 0) is 43.3 Å². The molecule has 0 aromatic heterocycles. The molecular weight excluding hydrogens is 282 g/mol. The predicted molar refractivity (Wildman–Crippen MR) is 82.8 cm³/mol. The monoisotopic (exact) mass is 299 g/mol. The van der Waals surface area contributed by atoms with Crippen LogP contribution in [0.1, 0.15) is 13.8 Å². The number of carbonyl (C=O) groups excluding carboxylic acids is 2. The van der Waals surface area contributed by atoms with E-state index in [9.17, 15) is 9.59 Å². The Kier molecular flexibility index (Phi) is 5.14. The van der Waals surface area contributed by atoms with Crippen molar-refractivity contribution in [3.05, 3.63) is 54.6 Å². The first kappa shape index (κ1) is 15.6. The van der Waals surface area contributed by atoms with E-state index in [1.165, 1.54) is 13.8 Å². The minimum Gasteiger partial charge on any atom is -0.457 e. The molecule has 5 heteroatoms. The topological polar surface area (TPSA) is 64.6 Å². The van der Waals surface area contributed by atoms with Gasteiger partial charge < -0.3 is 14.8 Å². The van der Waals surface area contributed by atoms with E-state index in [0.717, 1.165) is 5.75 Å². The van der Waals surface area contributed by atoms with E-state index in [1.54, 1.807) is 24.3 Å². The number of amides is 1. The van der Waals surface area contributed by atoms with Crippen LogP contribution in [0.15, 0.2) is 54.6 Å². The molecule has 2 rings (SSSR count). The summed E-state index contributed by atoms with van der Waals surface area (Å²) < 4.78 is 10.5. The van der Waals surface area contributed by atoms with Gasteiger partial charge in [-0.3, -0.25) is 9.59 Å². The summed E-state index contributed by atoms with van der Waals surface area (Å²) in [6, 6.07) is 16.3. The fourth-order valence-electron chi connectivity index (χ4n) is 1.78. The first-order valence-electron chi connectivity index (χ1n) is 6.85. The number of esters is 1. The van der Waals surface area contributed by atoms with Crippen LogP contribution in [-0.2, 0) is 14.3 Å². The summed E-state index contributed by atoms with van der Waals surface area (Å²) in [4.78, 5) is 22.6. The second-order valence-electron chi connectivity index (χ2n) is 4.68. The molecule has 2 aromatic carbocycles. The Bertz CT molecular complexity index is 637. The van der Waals surface area contributed by atoms with Gasteiger partial charge in [0.1, 0.15) is 11.5 Å². The van der Waals surface area contributed by atoms with Crippen molar-refractivity contribution in [3.63, 3.8) is 0 Å². The highest BCUT2D eigenvalue weighted by Crippen LogP contribution is 2.22. The smallest absolute Gasteiger partial charge is 0.303 e. The van der Waals surface area contributed by atoms with Gasteiger partial charge in [0.15, 0.2) is 6.10 Å². The van der Waals surface area contributed by atoms with Gasteiger partial charge in [0.2, 0.25) is 0 Å². The zero-order valence-electron chi connectivity index (χ0n) is 12.4. The second-order valence-corrected chi connectivity index (χ2v) is 4.68. The van der Waals surface area contributed by atoms with Crippen molar-refractivity contribution in [1.82, 2.24) is 0 Å². The average molecular weight is 299 g/mol. The number of hydrogen-bond donors (Lipinski definition) is 1. The van der Waals surface area contributed by atoms with E-state index in [0.29, 0.717) is 11.4 Å². The number of nitrogens with one attached hydrogen (secondary N) is 1. The standard InChI is InChI=1S/C17H17NO4/c1-12(21-13(2)19)17(20)18-14-8-10-16(11-9-14)22-15-6-4-3-5-7-15/h3-12H,1-2H3,(H,18,20)/t12-/m0/s1. The summed E-state index contributed by atoms with van der Waals surface area (Å²) in [5, 5.41) is 2.67. The van der Waals surface area contributed by atoms with Crippen LogP contribution in [0, 0.1) is 0 Å². The lowest BCUT2D eigenvalue weighted by atomic mass is 10.2. The molecule has 1 atom stereocenters. The summed E-state index contributed by atoms with van der Waals surface area (Å²) in [7, 11) is 0. The third kappa shape index (κ3) is 4.63. The Labute approximate surface area is 128 Å². The maximum Gasteiger partial charge on any atom is 0.303 e. The first-order valence-corrected chi connectivity index (χ1v) is 6.85. The fourth-order valence-corrected chi connectivity index (χ4v) is 1.78. The van der Waals surface area contributed by atoms with Crippen molar-refractivity contribution >= 4 is 17.6 Å². The Morgan fingerprint density at radius 3 is 2.14 bits per heavy atom. The highest BCUT2D eigenvalue weighted by atomic mass is 16.5. The quantitative estimate of drug-likeness (QED) is 0.860. The minimum absolute atomic E-state index is 0.382. The Morgan fingerprint density at radius 2 is 1.55 bits per heavy atom. The average Bonchev–Trinajstić information content (AvgIpc) is 2.49. The zero-order valence-corrected chi connectivity index (χ0v) is 12.4. The number of para-hydroxylation sites is 1. The summed E-state index contributed by atoms with van der Waals surface area (Å²) in [5.41, 5.74) is 0.601. The third-order valence-electron chi connectivity index (χ3n) is 2.81.